The maximum atomic E-state index is 5.05. The Bertz CT molecular complexity index is 495. The third-order valence-electron chi connectivity index (χ3n) is 4.80. The largest absolute Gasteiger partial charge is 0.361 e. The molecule has 0 amide bonds. The van der Waals surface area contributed by atoms with Gasteiger partial charge in [0, 0.05) is 11.8 Å². The first-order valence-corrected chi connectivity index (χ1v) is 9.13. The molecule has 3 heteroatoms. The number of hydrogen-bond donors (Lipinski definition) is 1. The Kier molecular flexibility index (Phi) is 4.58. The summed E-state index contributed by atoms with van der Waals surface area (Å²) in [7, 11) is 0. The molecule has 2 unspecified atom stereocenters. The van der Waals surface area contributed by atoms with E-state index in [2.05, 4.69) is 49.5 Å². The Morgan fingerprint density at radius 2 is 2.05 bits per heavy atom. The van der Waals surface area contributed by atoms with Crippen LogP contribution < -0.4 is 5.32 Å². The van der Waals surface area contributed by atoms with Gasteiger partial charge in [-0.25, -0.2) is 0 Å². The van der Waals surface area contributed by atoms with Gasteiger partial charge in [-0.1, -0.05) is 68.8 Å². The number of aliphatic imine (C=N–C) groups is 1. The molecule has 114 valence electrons. The number of hydrogen-bond acceptors (Lipinski definition) is 2. The second-order valence-electron chi connectivity index (χ2n) is 7.03. The molecule has 1 saturated carbocycles. The molecule has 0 bridgehead atoms. The summed E-state index contributed by atoms with van der Waals surface area (Å²) < 4.78 is 0. The first-order valence-electron chi connectivity index (χ1n) is 8.14. The normalized spacial score (nSPS) is 30.3. The number of rotatable bonds is 3. The molecule has 1 aliphatic carbocycles. The van der Waals surface area contributed by atoms with Gasteiger partial charge in [-0.05, 0) is 30.2 Å². The Hall–Kier alpha value is -0.960. The van der Waals surface area contributed by atoms with Gasteiger partial charge in [-0.3, -0.25) is 4.99 Å². The van der Waals surface area contributed by atoms with E-state index >= 15 is 0 Å². The molecular formula is C18H26N2S. The molecule has 2 fully saturated rings. The number of thioether (sulfide) groups is 1. The minimum atomic E-state index is 0.366. The quantitative estimate of drug-likeness (QED) is 0.902. The predicted octanol–water partition coefficient (Wildman–Crippen LogP) is 4.26. The van der Waals surface area contributed by atoms with Crippen molar-refractivity contribution in [1.82, 2.24) is 5.32 Å². The van der Waals surface area contributed by atoms with Crippen molar-refractivity contribution in [1.29, 1.82) is 0 Å². The summed E-state index contributed by atoms with van der Waals surface area (Å²) in [4.78, 5) is 5.05. The molecule has 1 aliphatic heterocycles. The van der Waals surface area contributed by atoms with Crippen molar-refractivity contribution in [2.75, 3.05) is 5.75 Å². The average molecular weight is 302 g/mol. The Morgan fingerprint density at radius 1 is 1.24 bits per heavy atom. The lowest BCUT2D eigenvalue weighted by molar-refractivity contribution is 0.204. The zero-order valence-corrected chi connectivity index (χ0v) is 14.0. The van der Waals surface area contributed by atoms with Gasteiger partial charge >= 0.3 is 0 Å². The van der Waals surface area contributed by atoms with Crippen LogP contribution >= 0.6 is 11.8 Å². The highest BCUT2D eigenvalue weighted by molar-refractivity contribution is 8.14. The van der Waals surface area contributed by atoms with Crippen molar-refractivity contribution in [2.24, 2.45) is 10.4 Å². The molecule has 3 rings (SSSR count). The van der Waals surface area contributed by atoms with Crippen molar-refractivity contribution in [3.63, 3.8) is 0 Å². The lowest BCUT2D eigenvalue weighted by Gasteiger charge is -2.36. The monoisotopic (exact) mass is 302 g/mol. The smallest absolute Gasteiger partial charge is 0.157 e. The van der Waals surface area contributed by atoms with Gasteiger partial charge in [-0.15, -0.1) is 0 Å². The standard InChI is InChI=1S/C18H26N2S/c1-18(2)11-7-6-10-16(18)20-17-19-15(13-21-17)12-14-8-4-3-5-9-14/h3-5,8-9,15-16H,6-7,10-13H2,1-2H3,(H,19,20). The molecule has 0 spiro atoms. The molecule has 2 atom stereocenters. The molecule has 2 nitrogen and oxygen atoms in total. The van der Waals surface area contributed by atoms with Crippen LogP contribution in [0.3, 0.4) is 0 Å². The summed E-state index contributed by atoms with van der Waals surface area (Å²) >= 11 is 1.90. The van der Waals surface area contributed by atoms with E-state index in [0.29, 0.717) is 17.5 Å². The van der Waals surface area contributed by atoms with Crippen LogP contribution in [-0.2, 0) is 6.42 Å². The number of nitrogens with one attached hydrogen (secondary N) is 1. The predicted molar refractivity (Wildman–Crippen MR) is 93.0 cm³/mol. The third kappa shape index (κ3) is 3.82. The Labute approximate surface area is 132 Å². The van der Waals surface area contributed by atoms with Crippen LogP contribution in [0.2, 0.25) is 0 Å². The molecule has 1 aromatic rings. The molecule has 1 N–H and O–H groups in total. The fourth-order valence-corrected chi connectivity index (χ4v) is 4.39. The van der Waals surface area contributed by atoms with Gasteiger partial charge in [-0.2, -0.15) is 0 Å². The van der Waals surface area contributed by atoms with Crippen LogP contribution in [0.5, 0.6) is 0 Å². The summed E-state index contributed by atoms with van der Waals surface area (Å²) in [5.74, 6) is 1.14. The molecular weight excluding hydrogens is 276 g/mol. The molecule has 0 radical (unpaired) electrons. The number of benzene rings is 1. The Morgan fingerprint density at radius 3 is 2.81 bits per heavy atom. The molecule has 1 heterocycles. The maximum Gasteiger partial charge on any atom is 0.157 e. The fraction of sp³-hybridized carbons (Fsp3) is 0.611. The molecule has 21 heavy (non-hydrogen) atoms. The second kappa shape index (κ2) is 6.43. The van der Waals surface area contributed by atoms with Gasteiger partial charge in [0.1, 0.15) is 0 Å². The molecule has 0 aromatic heterocycles. The zero-order valence-electron chi connectivity index (χ0n) is 13.1. The van der Waals surface area contributed by atoms with Crippen LogP contribution in [-0.4, -0.2) is 23.0 Å². The van der Waals surface area contributed by atoms with Gasteiger partial charge in [0.25, 0.3) is 0 Å². The molecule has 1 aromatic carbocycles. The fourth-order valence-electron chi connectivity index (χ4n) is 3.38. The van der Waals surface area contributed by atoms with E-state index < -0.39 is 0 Å². The lowest BCUT2D eigenvalue weighted by Crippen LogP contribution is -2.34. The van der Waals surface area contributed by atoms with Crippen LogP contribution in [0.15, 0.2) is 35.3 Å². The molecule has 2 aliphatic rings. The van der Waals surface area contributed by atoms with Crippen LogP contribution in [0.25, 0.3) is 0 Å². The third-order valence-corrected chi connectivity index (χ3v) is 5.86. The summed E-state index contributed by atoms with van der Waals surface area (Å²) in [6.07, 6.45) is 6.37. The van der Waals surface area contributed by atoms with E-state index in [-0.39, 0.29) is 0 Å². The van der Waals surface area contributed by atoms with Crippen LogP contribution in [0.1, 0.15) is 45.1 Å². The molecule has 1 saturated heterocycles. The summed E-state index contributed by atoms with van der Waals surface area (Å²) in [5, 5.41) is 4.81. The van der Waals surface area contributed by atoms with Gasteiger partial charge in [0.15, 0.2) is 5.17 Å². The van der Waals surface area contributed by atoms with E-state index in [1.54, 1.807) is 0 Å². The van der Waals surface area contributed by atoms with Crippen molar-refractivity contribution in [2.45, 2.75) is 58.0 Å². The second-order valence-corrected chi connectivity index (χ2v) is 8.04. The first kappa shape index (κ1) is 15.0. The first-order chi connectivity index (χ1) is 10.1. The van der Waals surface area contributed by atoms with E-state index in [1.165, 1.54) is 36.4 Å². The highest BCUT2D eigenvalue weighted by atomic mass is 32.2. The van der Waals surface area contributed by atoms with Crippen molar-refractivity contribution < 1.29 is 0 Å². The zero-order chi connectivity index (χ0) is 14.7. The van der Waals surface area contributed by atoms with E-state index in [9.17, 15) is 0 Å². The van der Waals surface area contributed by atoms with Gasteiger partial charge < -0.3 is 5.32 Å². The van der Waals surface area contributed by atoms with Gasteiger partial charge in [0.2, 0.25) is 0 Å². The summed E-state index contributed by atoms with van der Waals surface area (Å²) in [5.41, 5.74) is 1.78. The summed E-state index contributed by atoms with van der Waals surface area (Å²) in [6.45, 7) is 4.75. The maximum absolute atomic E-state index is 5.05. The lowest BCUT2D eigenvalue weighted by atomic mass is 9.73. The average Bonchev–Trinajstić information content (AvgIpc) is 2.90. The van der Waals surface area contributed by atoms with Crippen molar-refractivity contribution in [3.8, 4) is 0 Å². The highest BCUT2D eigenvalue weighted by Gasteiger charge is 2.33. The SMILES string of the molecule is CC1(C)CCCCC1N=C1NC(Cc2ccccc2)CS1. The van der Waals surface area contributed by atoms with Gasteiger partial charge in [0.05, 0.1) is 6.04 Å². The minimum Gasteiger partial charge on any atom is -0.361 e. The highest BCUT2D eigenvalue weighted by Crippen LogP contribution is 2.38. The van der Waals surface area contributed by atoms with E-state index in [4.69, 9.17) is 4.99 Å². The van der Waals surface area contributed by atoms with Crippen molar-refractivity contribution >= 4 is 16.9 Å². The number of nitrogens with zero attached hydrogens (tertiary/aromatic N) is 1. The van der Waals surface area contributed by atoms with E-state index in [1.807, 2.05) is 11.8 Å². The van der Waals surface area contributed by atoms with Crippen molar-refractivity contribution in [3.05, 3.63) is 35.9 Å². The summed E-state index contributed by atoms with van der Waals surface area (Å²) in [6, 6.07) is 11.8. The Balaban J connectivity index is 1.60. The van der Waals surface area contributed by atoms with Crippen LogP contribution in [0, 0.1) is 5.41 Å². The van der Waals surface area contributed by atoms with E-state index in [0.717, 1.165) is 12.2 Å². The topological polar surface area (TPSA) is 24.4 Å². The van der Waals surface area contributed by atoms with Crippen LogP contribution in [0.4, 0.5) is 0 Å². The minimum absolute atomic E-state index is 0.366. The number of amidine groups is 1.